The minimum Gasteiger partial charge on any atom is -0.481 e. The van der Waals surface area contributed by atoms with E-state index in [-0.39, 0.29) is 24.2 Å². The predicted molar refractivity (Wildman–Crippen MR) is 84.3 cm³/mol. The van der Waals surface area contributed by atoms with Gasteiger partial charge in [0.05, 0.1) is 5.56 Å². The van der Waals surface area contributed by atoms with Crippen molar-refractivity contribution in [1.82, 2.24) is 5.32 Å². The van der Waals surface area contributed by atoms with Gasteiger partial charge in [0.2, 0.25) is 5.91 Å². The lowest BCUT2D eigenvalue weighted by Crippen LogP contribution is -2.26. The highest BCUT2D eigenvalue weighted by Gasteiger charge is 2.30. The second-order valence-electron chi connectivity index (χ2n) is 5.33. The van der Waals surface area contributed by atoms with Crippen LogP contribution in [0.15, 0.2) is 6.07 Å². The van der Waals surface area contributed by atoms with E-state index in [4.69, 9.17) is 5.11 Å². The Morgan fingerprint density at radius 2 is 2.09 bits per heavy atom. The first kappa shape index (κ1) is 16.5. The van der Waals surface area contributed by atoms with Gasteiger partial charge >= 0.3 is 5.97 Å². The van der Waals surface area contributed by atoms with Gasteiger partial charge in [0.15, 0.2) is 0 Å². The van der Waals surface area contributed by atoms with Crippen LogP contribution < -0.4 is 10.6 Å². The molecule has 0 radical (unpaired) electrons. The van der Waals surface area contributed by atoms with Crippen LogP contribution in [-0.4, -0.2) is 29.4 Å². The number of carboxylic acids is 1. The maximum Gasteiger partial charge on any atom is 0.303 e. The van der Waals surface area contributed by atoms with E-state index in [1.54, 1.807) is 6.07 Å². The highest BCUT2D eigenvalue weighted by molar-refractivity contribution is 7.16. The van der Waals surface area contributed by atoms with Gasteiger partial charge in [0.1, 0.15) is 5.00 Å². The number of aryl methyl sites for hydroxylation is 1. The Balaban J connectivity index is 1.97. The molecule has 2 rings (SSSR count). The largest absolute Gasteiger partial charge is 0.481 e. The van der Waals surface area contributed by atoms with Gasteiger partial charge in [0, 0.05) is 23.8 Å². The third-order valence-corrected chi connectivity index (χ3v) is 4.61. The van der Waals surface area contributed by atoms with Gasteiger partial charge in [-0.15, -0.1) is 11.3 Å². The minimum atomic E-state index is -0.879. The number of amides is 2. The van der Waals surface area contributed by atoms with Crippen LogP contribution in [0.1, 0.15) is 47.8 Å². The summed E-state index contributed by atoms with van der Waals surface area (Å²) in [5.41, 5.74) is 0.464. The number of hydrogen-bond donors (Lipinski definition) is 3. The second-order valence-corrected chi connectivity index (χ2v) is 6.46. The van der Waals surface area contributed by atoms with Gasteiger partial charge in [-0.2, -0.15) is 0 Å². The molecule has 0 aromatic carbocycles. The molecule has 7 heteroatoms. The molecule has 1 aromatic rings. The Morgan fingerprint density at radius 3 is 2.68 bits per heavy atom. The van der Waals surface area contributed by atoms with Crippen LogP contribution >= 0.6 is 11.3 Å². The predicted octanol–water partition coefficient (Wildman–Crippen LogP) is 2.25. The van der Waals surface area contributed by atoms with Crippen molar-refractivity contribution < 1.29 is 19.5 Å². The molecule has 1 aliphatic rings. The summed E-state index contributed by atoms with van der Waals surface area (Å²) in [4.78, 5) is 35.6. The summed E-state index contributed by atoms with van der Waals surface area (Å²) in [6, 6.07) is 1.79. The fraction of sp³-hybridized carbons (Fsp3) is 0.533. The van der Waals surface area contributed by atoms with Crippen LogP contribution in [0.5, 0.6) is 0 Å². The third-order valence-electron chi connectivity index (χ3n) is 3.41. The number of aliphatic carboxylic acids is 1. The monoisotopic (exact) mass is 324 g/mol. The molecular formula is C15H20N2O4S. The molecule has 2 amide bonds. The molecule has 0 aliphatic heterocycles. The zero-order valence-electron chi connectivity index (χ0n) is 12.5. The number of rotatable bonds is 8. The third kappa shape index (κ3) is 4.56. The van der Waals surface area contributed by atoms with Crippen molar-refractivity contribution in [2.75, 3.05) is 11.9 Å². The molecule has 22 heavy (non-hydrogen) atoms. The molecule has 0 saturated heterocycles. The molecule has 1 heterocycles. The quantitative estimate of drug-likeness (QED) is 0.639. The van der Waals surface area contributed by atoms with Crippen molar-refractivity contribution in [2.24, 2.45) is 5.92 Å². The van der Waals surface area contributed by atoms with Crippen molar-refractivity contribution in [1.29, 1.82) is 0 Å². The summed E-state index contributed by atoms with van der Waals surface area (Å²) < 4.78 is 0. The van der Waals surface area contributed by atoms with Crippen LogP contribution in [0.4, 0.5) is 5.00 Å². The lowest BCUT2D eigenvalue weighted by Gasteiger charge is -2.06. The zero-order valence-corrected chi connectivity index (χ0v) is 13.3. The number of nitrogens with one attached hydrogen (secondary N) is 2. The zero-order chi connectivity index (χ0) is 16.1. The lowest BCUT2D eigenvalue weighted by molar-refractivity contribution is -0.137. The molecule has 0 spiro atoms. The topological polar surface area (TPSA) is 95.5 Å². The minimum absolute atomic E-state index is 0.0232. The first-order valence-electron chi connectivity index (χ1n) is 7.44. The number of carbonyl (C=O) groups excluding carboxylic acids is 2. The number of hydrogen-bond acceptors (Lipinski definition) is 4. The van der Waals surface area contributed by atoms with Crippen LogP contribution in [-0.2, 0) is 16.0 Å². The summed E-state index contributed by atoms with van der Waals surface area (Å²) in [5.74, 6) is -1.09. The maximum absolute atomic E-state index is 12.2. The van der Waals surface area contributed by atoms with Gasteiger partial charge < -0.3 is 15.7 Å². The molecule has 1 aliphatic carbocycles. The van der Waals surface area contributed by atoms with E-state index in [0.717, 1.165) is 24.1 Å². The fourth-order valence-corrected chi connectivity index (χ4v) is 2.97. The highest BCUT2D eigenvalue weighted by Crippen LogP contribution is 2.33. The van der Waals surface area contributed by atoms with Crippen molar-refractivity contribution in [3.8, 4) is 0 Å². The molecule has 1 aromatic heterocycles. The molecule has 1 saturated carbocycles. The normalized spacial score (nSPS) is 13.7. The average molecular weight is 324 g/mol. The smallest absolute Gasteiger partial charge is 0.303 e. The number of anilines is 1. The van der Waals surface area contributed by atoms with Crippen LogP contribution in [0.25, 0.3) is 0 Å². The summed E-state index contributed by atoms with van der Waals surface area (Å²) >= 11 is 1.42. The molecule has 6 nitrogen and oxygen atoms in total. The molecule has 1 fully saturated rings. The summed E-state index contributed by atoms with van der Waals surface area (Å²) in [5, 5.41) is 14.7. The molecule has 0 unspecified atom stereocenters. The first-order chi connectivity index (χ1) is 10.5. The lowest BCUT2D eigenvalue weighted by atomic mass is 10.2. The maximum atomic E-state index is 12.2. The van der Waals surface area contributed by atoms with Gasteiger partial charge in [-0.3, -0.25) is 14.4 Å². The van der Waals surface area contributed by atoms with Crippen molar-refractivity contribution in [3.63, 3.8) is 0 Å². The Kier molecular flexibility index (Phi) is 5.54. The van der Waals surface area contributed by atoms with Crippen molar-refractivity contribution in [3.05, 3.63) is 16.5 Å². The summed E-state index contributed by atoms with van der Waals surface area (Å²) in [7, 11) is 0. The van der Waals surface area contributed by atoms with E-state index in [2.05, 4.69) is 10.6 Å². The number of carboxylic acid groups (broad SMARTS) is 1. The number of carbonyl (C=O) groups is 3. The van der Waals surface area contributed by atoms with Gasteiger partial charge in [-0.25, -0.2) is 0 Å². The van der Waals surface area contributed by atoms with Gasteiger partial charge in [-0.05, 0) is 31.7 Å². The van der Waals surface area contributed by atoms with E-state index >= 15 is 0 Å². The van der Waals surface area contributed by atoms with Gasteiger partial charge in [0.25, 0.3) is 5.91 Å². The van der Waals surface area contributed by atoms with Gasteiger partial charge in [-0.1, -0.05) is 6.92 Å². The molecule has 120 valence electrons. The average Bonchev–Trinajstić information content (AvgIpc) is 3.25. The van der Waals surface area contributed by atoms with E-state index in [0.29, 0.717) is 23.5 Å². The van der Waals surface area contributed by atoms with Crippen molar-refractivity contribution in [2.45, 2.75) is 39.0 Å². The van der Waals surface area contributed by atoms with Crippen LogP contribution in [0.2, 0.25) is 0 Å². The highest BCUT2D eigenvalue weighted by atomic mass is 32.1. The van der Waals surface area contributed by atoms with Crippen LogP contribution in [0.3, 0.4) is 0 Å². The second kappa shape index (κ2) is 7.40. The number of thiophene rings is 1. The van der Waals surface area contributed by atoms with E-state index < -0.39 is 5.97 Å². The fourth-order valence-electron chi connectivity index (χ4n) is 1.97. The standard InChI is InChI=1S/C15H20N2O4S/c1-2-10-8-11(14(21)16-7-3-4-12(18)19)15(22-10)17-13(20)9-5-6-9/h8-9H,2-7H2,1H3,(H,16,21)(H,17,20)(H,18,19). The van der Waals surface area contributed by atoms with E-state index in [1.165, 1.54) is 11.3 Å². The summed E-state index contributed by atoms with van der Waals surface area (Å²) in [6.45, 7) is 2.30. The Hall–Kier alpha value is -1.89. The Morgan fingerprint density at radius 1 is 1.36 bits per heavy atom. The Bertz CT molecular complexity index is 578. The molecule has 0 bridgehead atoms. The van der Waals surface area contributed by atoms with E-state index in [9.17, 15) is 14.4 Å². The molecular weight excluding hydrogens is 304 g/mol. The molecule has 3 N–H and O–H groups in total. The van der Waals surface area contributed by atoms with E-state index in [1.807, 2.05) is 6.92 Å². The molecule has 0 atom stereocenters. The SMILES string of the molecule is CCc1cc(C(=O)NCCCC(=O)O)c(NC(=O)C2CC2)s1. The summed E-state index contributed by atoms with van der Waals surface area (Å²) in [6.07, 6.45) is 3.03. The van der Waals surface area contributed by atoms with Crippen LogP contribution in [0, 0.1) is 5.92 Å². The Labute approximate surface area is 132 Å². The van der Waals surface area contributed by atoms with Crippen molar-refractivity contribution >= 4 is 34.1 Å². The first-order valence-corrected chi connectivity index (χ1v) is 8.26.